The van der Waals surface area contributed by atoms with Gasteiger partial charge >= 0.3 is 10.1 Å². The standard InChI is InChI=1S/2C5H9N2.Be/c2*1-6-3-4-7(2)5-6;/h2*3-5H,1-2H3;/q2*-1;+2. The van der Waals surface area contributed by atoms with Gasteiger partial charge in [0, 0.05) is 0 Å². The van der Waals surface area contributed by atoms with Crippen LogP contribution in [0.1, 0.15) is 0 Å². The van der Waals surface area contributed by atoms with Crippen LogP contribution in [0.15, 0.2) is 24.8 Å². The molecule has 4 nitrogen and oxygen atoms in total. The number of hydrogen-bond donors (Lipinski definition) is 0. The summed E-state index contributed by atoms with van der Waals surface area (Å²) in [5, 5.41) is 0. The van der Waals surface area contributed by atoms with Crippen LogP contribution < -0.4 is 0 Å². The van der Waals surface area contributed by atoms with E-state index < -0.39 is 0 Å². The maximum atomic E-state index is 2.00. The van der Waals surface area contributed by atoms with E-state index >= 15 is 0 Å². The average Bonchev–Trinajstić information content (AvgIpc) is 2.63. The van der Waals surface area contributed by atoms with Crippen LogP contribution >= 0.6 is 0 Å². The Hall–Kier alpha value is -1.15. The molecule has 0 aromatic heterocycles. The zero-order valence-electron chi connectivity index (χ0n) is 9.96. The summed E-state index contributed by atoms with van der Waals surface area (Å²) in [7, 11) is 8.00. The first-order chi connectivity index (χ1) is 6.58. The Kier molecular flexibility index (Phi) is 5.87. The summed E-state index contributed by atoms with van der Waals surface area (Å²) in [5.74, 6) is 0. The Balaban J connectivity index is 0.000000245. The molecule has 2 heterocycles. The fourth-order valence-electron chi connectivity index (χ4n) is 1.15. The molecule has 0 saturated carbocycles. The zero-order chi connectivity index (χ0) is 10.6. The summed E-state index contributed by atoms with van der Waals surface area (Å²) in [4.78, 5) is 8.00. The molecule has 80 valence electrons. The predicted molar refractivity (Wildman–Crippen MR) is 63.7 cm³/mol. The quantitative estimate of drug-likeness (QED) is 0.420. The van der Waals surface area contributed by atoms with Crippen LogP contribution in [0.3, 0.4) is 0 Å². The van der Waals surface area contributed by atoms with Crippen LogP contribution in [-0.4, -0.2) is 57.9 Å². The van der Waals surface area contributed by atoms with E-state index in [1.807, 2.05) is 85.9 Å². The maximum absolute atomic E-state index is 2.00. The summed E-state index contributed by atoms with van der Waals surface area (Å²) in [6, 6.07) is 0. The molecule has 0 unspecified atom stereocenters. The van der Waals surface area contributed by atoms with E-state index in [1.165, 1.54) is 0 Å². The predicted octanol–water partition coefficient (Wildman–Crippen LogP) is 0.527. The molecule has 0 spiro atoms. The van der Waals surface area contributed by atoms with Gasteiger partial charge in [-0.25, -0.2) is 0 Å². The molecule has 2 rings (SSSR count). The average molecular weight is 203 g/mol. The minimum Gasteiger partial charge on any atom is -0.511 e. The van der Waals surface area contributed by atoms with Crippen LogP contribution in [0.4, 0.5) is 0 Å². The van der Waals surface area contributed by atoms with Gasteiger partial charge in [-0.2, -0.15) is 13.3 Å². The number of hydrogen-bond acceptors (Lipinski definition) is 4. The van der Waals surface area contributed by atoms with Gasteiger partial charge in [0.25, 0.3) is 0 Å². The van der Waals surface area contributed by atoms with Crippen LogP contribution in [0.2, 0.25) is 0 Å². The molecule has 0 fully saturated rings. The van der Waals surface area contributed by atoms with Gasteiger partial charge in [-0.3, -0.25) is 0 Å². The van der Waals surface area contributed by atoms with Gasteiger partial charge in [0.05, 0.1) is 0 Å². The third-order valence-electron chi connectivity index (χ3n) is 1.80. The summed E-state index contributed by atoms with van der Waals surface area (Å²) < 4.78 is 0. The van der Waals surface area contributed by atoms with Gasteiger partial charge in [0.1, 0.15) is 0 Å². The molecular formula is C10H18BeN4. The van der Waals surface area contributed by atoms with Gasteiger partial charge in [-0.1, -0.05) is 0 Å². The monoisotopic (exact) mass is 203 g/mol. The molecule has 0 N–H and O–H groups in total. The Labute approximate surface area is 96.6 Å². The summed E-state index contributed by atoms with van der Waals surface area (Å²) in [5.41, 5.74) is 0. The van der Waals surface area contributed by atoms with E-state index in [2.05, 4.69) is 0 Å². The second-order valence-electron chi connectivity index (χ2n) is 3.49. The molecule has 0 amide bonds. The molecular weight excluding hydrogens is 185 g/mol. The van der Waals surface area contributed by atoms with E-state index in [1.54, 1.807) is 0 Å². The molecule has 2 aliphatic heterocycles. The van der Waals surface area contributed by atoms with Crippen molar-refractivity contribution in [3.8, 4) is 0 Å². The first-order valence-electron chi connectivity index (χ1n) is 4.52. The Morgan fingerprint density at radius 3 is 0.867 bits per heavy atom. The Morgan fingerprint density at radius 1 is 0.600 bits per heavy atom. The first-order valence-corrected chi connectivity index (χ1v) is 4.52. The van der Waals surface area contributed by atoms with Crippen molar-refractivity contribution in [2.75, 3.05) is 28.2 Å². The van der Waals surface area contributed by atoms with Crippen molar-refractivity contribution in [2.24, 2.45) is 0 Å². The molecule has 0 aromatic carbocycles. The minimum absolute atomic E-state index is 0. The van der Waals surface area contributed by atoms with Crippen LogP contribution in [0, 0.1) is 13.3 Å². The third kappa shape index (κ3) is 5.33. The minimum atomic E-state index is 0. The van der Waals surface area contributed by atoms with Crippen LogP contribution in [0.5, 0.6) is 0 Å². The van der Waals surface area contributed by atoms with E-state index in [4.69, 9.17) is 0 Å². The second kappa shape index (κ2) is 6.35. The SMILES string of the molecule is CN1C=CN(C)[CH-]1.CN1C=CN(C)[CH-]1.[Be+2]. The molecule has 0 aromatic rings. The molecule has 0 saturated heterocycles. The van der Waals surface area contributed by atoms with Crippen molar-refractivity contribution in [1.82, 2.24) is 19.6 Å². The summed E-state index contributed by atoms with van der Waals surface area (Å²) >= 11 is 0. The zero-order valence-corrected chi connectivity index (χ0v) is 9.96. The fourth-order valence-corrected chi connectivity index (χ4v) is 1.15. The van der Waals surface area contributed by atoms with Gasteiger partial charge in [-0.05, 0) is 53.0 Å². The van der Waals surface area contributed by atoms with Gasteiger partial charge in [0.2, 0.25) is 0 Å². The van der Waals surface area contributed by atoms with Crippen molar-refractivity contribution in [2.45, 2.75) is 0 Å². The van der Waals surface area contributed by atoms with Crippen LogP contribution in [0.25, 0.3) is 0 Å². The molecule has 0 radical (unpaired) electrons. The van der Waals surface area contributed by atoms with Gasteiger partial charge < -0.3 is 19.6 Å². The van der Waals surface area contributed by atoms with E-state index in [0.29, 0.717) is 0 Å². The maximum Gasteiger partial charge on any atom is 2.00 e. The molecule has 0 bridgehead atoms. The molecule has 5 heteroatoms. The van der Waals surface area contributed by atoms with Crippen molar-refractivity contribution < 1.29 is 0 Å². The Bertz CT molecular complexity index is 185. The largest absolute Gasteiger partial charge is 2.00 e. The van der Waals surface area contributed by atoms with Crippen LogP contribution in [-0.2, 0) is 0 Å². The second-order valence-corrected chi connectivity index (χ2v) is 3.49. The Morgan fingerprint density at radius 2 is 0.800 bits per heavy atom. The molecule has 0 atom stereocenters. The smallest absolute Gasteiger partial charge is 0.511 e. The van der Waals surface area contributed by atoms with Crippen molar-refractivity contribution in [3.05, 3.63) is 38.1 Å². The number of nitrogens with zero attached hydrogens (tertiary/aromatic N) is 4. The van der Waals surface area contributed by atoms with E-state index in [-0.39, 0.29) is 10.1 Å². The van der Waals surface area contributed by atoms with E-state index in [9.17, 15) is 0 Å². The molecule has 15 heavy (non-hydrogen) atoms. The molecule has 2 aliphatic rings. The van der Waals surface area contributed by atoms with Gasteiger partial charge in [-0.15, -0.1) is 0 Å². The topological polar surface area (TPSA) is 13.0 Å². The van der Waals surface area contributed by atoms with Crippen molar-refractivity contribution in [3.63, 3.8) is 0 Å². The van der Waals surface area contributed by atoms with E-state index in [0.717, 1.165) is 0 Å². The third-order valence-corrected chi connectivity index (χ3v) is 1.80. The number of rotatable bonds is 0. The summed E-state index contributed by atoms with van der Waals surface area (Å²) in [6.45, 7) is 4.00. The van der Waals surface area contributed by atoms with Gasteiger partial charge in [0.15, 0.2) is 0 Å². The summed E-state index contributed by atoms with van der Waals surface area (Å²) in [6.07, 6.45) is 8.00. The first kappa shape index (κ1) is 13.8. The van der Waals surface area contributed by atoms with Crippen molar-refractivity contribution >= 4 is 10.1 Å². The molecule has 0 aliphatic carbocycles. The normalized spacial score (nSPS) is 17.9. The van der Waals surface area contributed by atoms with Crippen molar-refractivity contribution in [1.29, 1.82) is 0 Å². The fraction of sp³-hybridized carbons (Fsp3) is 0.400.